The highest BCUT2D eigenvalue weighted by molar-refractivity contribution is 5.74. The molecule has 0 saturated carbocycles. The van der Waals surface area contributed by atoms with Gasteiger partial charge < -0.3 is 20.5 Å². The molecule has 20 heavy (non-hydrogen) atoms. The highest BCUT2D eigenvalue weighted by atomic mass is 16.5. The molecule has 1 heterocycles. The number of carbonyl (C=O) groups excluding carboxylic acids is 1. The quantitative estimate of drug-likeness (QED) is 0.700. The third-order valence-corrected chi connectivity index (χ3v) is 4.10. The van der Waals surface area contributed by atoms with Gasteiger partial charge in [0.15, 0.2) is 0 Å². The Kier molecular flexibility index (Phi) is 7.30. The molecule has 3 atom stereocenters. The standard InChI is InChI=1S/C15H30N2O3/c1-5-12(6-2)14(18)9-16-15(19)17-13-7-10(3)20-11(4)8-13/h10-14,18H,5-9H2,1-4H3,(H2,16,17,19). The van der Waals surface area contributed by atoms with Gasteiger partial charge in [-0.25, -0.2) is 4.79 Å². The van der Waals surface area contributed by atoms with Crippen LogP contribution in [0.15, 0.2) is 0 Å². The largest absolute Gasteiger partial charge is 0.391 e. The molecule has 0 aromatic rings. The van der Waals surface area contributed by atoms with Gasteiger partial charge >= 0.3 is 6.03 Å². The minimum Gasteiger partial charge on any atom is -0.391 e. The van der Waals surface area contributed by atoms with Crippen molar-refractivity contribution in [3.63, 3.8) is 0 Å². The lowest BCUT2D eigenvalue weighted by Crippen LogP contribution is -2.49. The fraction of sp³-hybridized carbons (Fsp3) is 0.933. The van der Waals surface area contributed by atoms with E-state index in [2.05, 4.69) is 24.5 Å². The first-order valence-corrected chi connectivity index (χ1v) is 7.84. The predicted octanol–water partition coefficient (Wildman–Crippen LogP) is 2.04. The molecule has 1 fully saturated rings. The van der Waals surface area contributed by atoms with Crippen LogP contribution in [0.1, 0.15) is 53.4 Å². The smallest absolute Gasteiger partial charge is 0.315 e. The lowest BCUT2D eigenvalue weighted by atomic mass is 9.96. The summed E-state index contributed by atoms with van der Waals surface area (Å²) < 4.78 is 5.64. The molecule has 3 N–H and O–H groups in total. The van der Waals surface area contributed by atoms with Crippen molar-refractivity contribution < 1.29 is 14.6 Å². The summed E-state index contributed by atoms with van der Waals surface area (Å²) in [6.07, 6.45) is 3.42. The van der Waals surface area contributed by atoms with Gasteiger partial charge in [0, 0.05) is 12.6 Å². The molecule has 2 amide bonds. The van der Waals surface area contributed by atoms with Crippen LogP contribution in [-0.4, -0.2) is 42.0 Å². The van der Waals surface area contributed by atoms with Gasteiger partial charge in [0.25, 0.3) is 0 Å². The highest BCUT2D eigenvalue weighted by Gasteiger charge is 2.25. The zero-order valence-electron chi connectivity index (χ0n) is 13.2. The monoisotopic (exact) mass is 286 g/mol. The van der Waals surface area contributed by atoms with Crippen LogP contribution >= 0.6 is 0 Å². The first-order chi connectivity index (χ1) is 9.46. The Morgan fingerprint density at radius 2 is 1.80 bits per heavy atom. The van der Waals surface area contributed by atoms with Crippen molar-refractivity contribution in [2.75, 3.05) is 6.54 Å². The summed E-state index contributed by atoms with van der Waals surface area (Å²) in [7, 11) is 0. The van der Waals surface area contributed by atoms with Gasteiger partial charge in [-0.2, -0.15) is 0 Å². The number of aliphatic hydroxyl groups is 1. The van der Waals surface area contributed by atoms with E-state index in [9.17, 15) is 9.90 Å². The number of aliphatic hydroxyl groups excluding tert-OH is 1. The van der Waals surface area contributed by atoms with Crippen LogP contribution in [0.5, 0.6) is 0 Å². The Morgan fingerprint density at radius 3 is 2.30 bits per heavy atom. The zero-order valence-corrected chi connectivity index (χ0v) is 13.2. The number of hydrogen-bond donors (Lipinski definition) is 3. The van der Waals surface area contributed by atoms with Gasteiger partial charge in [-0.1, -0.05) is 26.7 Å². The molecular weight excluding hydrogens is 256 g/mol. The second-order valence-electron chi connectivity index (χ2n) is 5.92. The van der Waals surface area contributed by atoms with Gasteiger partial charge in [-0.05, 0) is 32.6 Å². The molecule has 1 rings (SSSR count). The maximum Gasteiger partial charge on any atom is 0.315 e. The van der Waals surface area contributed by atoms with Crippen molar-refractivity contribution in [3.05, 3.63) is 0 Å². The summed E-state index contributed by atoms with van der Waals surface area (Å²) in [5.41, 5.74) is 0. The maximum atomic E-state index is 11.9. The lowest BCUT2D eigenvalue weighted by molar-refractivity contribution is -0.0402. The van der Waals surface area contributed by atoms with Crippen molar-refractivity contribution in [1.82, 2.24) is 10.6 Å². The second kappa shape index (κ2) is 8.47. The maximum absolute atomic E-state index is 11.9. The Morgan fingerprint density at radius 1 is 1.25 bits per heavy atom. The number of ether oxygens (including phenoxy) is 1. The third-order valence-electron chi connectivity index (χ3n) is 4.10. The average Bonchev–Trinajstić information content (AvgIpc) is 2.36. The first-order valence-electron chi connectivity index (χ1n) is 7.84. The van der Waals surface area contributed by atoms with Crippen molar-refractivity contribution >= 4 is 6.03 Å². The van der Waals surface area contributed by atoms with Crippen LogP contribution in [0.3, 0.4) is 0 Å². The highest BCUT2D eigenvalue weighted by Crippen LogP contribution is 2.18. The van der Waals surface area contributed by atoms with Crippen LogP contribution in [0.25, 0.3) is 0 Å². The molecule has 5 heteroatoms. The van der Waals surface area contributed by atoms with E-state index in [1.807, 2.05) is 13.8 Å². The molecule has 0 spiro atoms. The van der Waals surface area contributed by atoms with Crippen molar-refractivity contribution in [2.24, 2.45) is 5.92 Å². The van der Waals surface area contributed by atoms with E-state index in [4.69, 9.17) is 4.74 Å². The number of carbonyl (C=O) groups is 1. The van der Waals surface area contributed by atoms with Crippen LogP contribution in [0.4, 0.5) is 4.79 Å². The molecule has 0 aromatic carbocycles. The van der Waals surface area contributed by atoms with Gasteiger partial charge in [0.2, 0.25) is 0 Å². The van der Waals surface area contributed by atoms with Crippen molar-refractivity contribution in [3.8, 4) is 0 Å². The number of hydrogen-bond acceptors (Lipinski definition) is 3. The lowest BCUT2D eigenvalue weighted by Gasteiger charge is -2.32. The number of rotatable bonds is 6. The van der Waals surface area contributed by atoms with Crippen LogP contribution in [-0.2, 0) is 4.74 Å². The molecule has 3 unspecified atom stereocenters. The average molecular weight is 286 g/mol. The number of urea groups is 1. The molecule has 118 valence electrons. The topological polar surface area (TPSA) is 70.6 Å². The van der Waals surface area contributed by atoms with Gasteiger partial charge in [-0.3, -0.25) is 0 Å². The fourth-order valence-electron chi connectivity index (χ4n) is 2.96. The molecule has 0 aromatic heterocycles. The summed E-state index contributed by atoms with van der Waals surface area (Å²) in [5, 5.41) is 15.7. The molecule has 1 aliphatic heterocycles. The fourth-order valence-corrected chi connectivity index (χ4v) is 2.96. The summed E-state index contributed by atoms with van der Waals surface area (Å²) in [4.78, 5) is 11.9. The Hall–Kier alpha value is -0.810. The van der Waals surface area contributed by atoms with E-state index in [1.54, 1.807) is 0 Å². The van der Waals surface area contributed by atoms with E-state index in [1.165, 1.54) is 0 Å². The predicted molar refractivity (Wildman–Crippen MR) is 79.6 cm³/mol. The molecule has 0 aliphatic carbocycles. The van der Waals surface area contributed by atoms with E-state index < -0.39 is 6.10 Å². The first kappa shape index (κ1) is 17.2. The van der Waals surface area contributed by atoms with Gasteiger partial charge in [0.05, 0.1) is 18.3 Å². The van der Waals surface area contributed by atoms with Gasteiger partial charge in [0.1, 0.15) is 0 Å². The molecule has 1 saturated heterocycles. The Balaban J connectivity index is 2.29. The summed E-state index contributed by atoms with van der Waals surface area (Å²) in [6, 6.07) is -0.0413. The van der Waals surface area contributed by atoms with Gasteiger partial charge in [-0.15, -0.1) is 0 Å². The minimum atomic E-state index is -0.469. The molecular formula is C15H30N2O3. The van der Waals surface area contributed by atoms with E-state index in [0.717, 1.165) is 25.7 Å². The Bertz CT molecular complexity index is 285. The molecule has 1 aliphatic rings. The van der Waals surface area contributed by atoms with Crippen molar-refractivity contribution in [2.45, 2.75) is 77.7 Å². The summed E-state index contributed by atoms with van der Waals surface area (Å²) in [6.45, 7) is 8.48. The SMILES string of the molecule is CCC(CC)C(O)CNC(=O)NC1CC(C)OC(C)C1. The summed E-state index contributed by atoms with van der Waals surface area (Å²) >= 11 is 0. The minimum absolute atomic E-state index is 0.152. The molecule has 0 radical (unpaired) electrons. The Labute approximate surface area is 122 Å². The second-order valence-corrected chi connectivity index (χ2v) is 5.92. The van der Waals surface area contributed by atoms with Crippen molar-refractivity contribution in [1.29, 1.82) is 0 Å². The van der Waals surface area contributed by atoms with E-state index >= 15 is 0 Å². The van der Waals surface area contributed by atoms with Crippen LogP contribution in [0, 0.1) is 5.92 Å². The van der Waals surface area contributed by atoms with Crippen LogP contribution in [0.2, 0.25) is 0 Å². The number of nitrogens with one attached hydrogen (secondary N) is 2. The zero-order chi connectivity index (χ0) is 15.1. The number of amides is 2. The third kappa shape index (κ3) is 5.67. The molecule has 5 nitrogen and oxygen atoms in total. The van der Waals surface area contributed by atoms with E-state index in [0.29, 0.717) is 6.54 Å². The summed E-state index contributed by atoms with van der Waals surface area (Å²) in [5.74, 6) is 0.249. The normalized spacial score (nSPS) is 28.2. The van der Waals surface area contributed by atoms with E-state index in [-0.39, 0.29) is 30.2 Å². The molecule has 0 bridgehead atoms. The van der Waals surface area contributed by atoms with Crippen LogP contribution < -0.4 is 10.6 Å².